The lowest BCUT2D eigenvalue weighted by atomic mass is 10.1. The molecule has 0 fully saturated rings. The maximum atomic E-state index is 3.81. The van der Waals surface area contributed by atoms with Crippen molar-refractivity contribution in [2.75, 3.05) is 5.32 Å². The van der Waals surface area contributed by atoms with Crippen LogP contribution in [0.4, 0.5) is 5.69 Å². The molecule has 0 heterocycles. The summed E-state index contributed by atoms with van der Waals surface area (Å²) in [6, 6.07) is 10.9. The van der Waals surface area contributed by atoms with Crippen molar-refractivity contribution in [1.82, 2.24) is 0 Å². The molecule has 1 aromatic rings. The van der Waals surface area contributed by atoms with Crippen molar-refractivity contribution in [1.29, 1.82) is 0 Å². The molecule has 15 heavy (non-hydrogen) atoms. The fraction of sp³-hybridized carbons (Fsp3) is 0.429. The van der Waals surface area contributed by atoms with E-state index >= 15 is 0 Å². The third kappa shape index (κ3) is 4.68. The lowest BCUT2D eigenvalue weighted by Crippen LogP contribution is -2.18. The Morgan fingerprint density at radius 2 is 2.07 bits per heavy atom. The van der Waals surface area contributed by atoms with E-state index < -0.39 is 0 Å². The highest BCUT2D eigenvalue weighted by Gasteiger charge is 2.05. The third-order valence-corrected chi connectivity index (χ3v) is 2.50. The van der Waals surface area contributed by atoms with Crippen LogP contribution in [-0.2, 0) is 0 Å². The highest BCUT2D eigenvalue weighted by Crippen LogP contribution is 2.13. The van der Waals surface area contributed by atoms with Gasteiger partial charge in [0.2, 0.25) is 0 Å². The second-order valence-electron chi connectivity index (χ2n) is 3.87. The van der Waals surface area contributed by atoms with E-state index in [-0.39, 0.29) is 0 Å². The van der Waals surface area contributed by atoms with Crippen molar-refractivity contribution in [2.24, 2.45) is 0 Å². The van der Waals surface area contributed by atoms with Gasteiger partial charge in [-0.2, -0.15) is 0 Å². The van der Waals surface area contributed by atoms with Crippen LogP contribution in [0.1, 0.15) is 32.6 Å². The second kappa shape index (κ2) is 7.10. The first-order chi connectivity index (χ1) is 7.36. The molecule has 0 spiro atoms. The van der Waals surface area contributed by atoms with Crippen molar-refractivity contribution >= 4 is 5.69 Å². The monoisotopic (exact) mass is 203 g/mol. The van der Waals surface area contributed by atoms with Gasteiger partial charge in [0.1, 0.15) is 0 Å². The van der Waals surface area contributed by atoms with E-state index in [2.05, 4.69) is 43.1 Å². The van der Waals surface area contributed by atoms with Gasteiger partial charge in [-0.05, 0) is 25.0 Å². The number of hydrogen-bond acceptors (Lipinski definition) is 1. The number of anilines is 1. The van der Waals surface area contributed by atoms with Gasteiger partial charge < -0.3 is 5.32 Å². The third-order valence-electron chi connectivity index (χ3n) is 2.50. The quantitative estimate of drug-likeness (QED) is 0.654. The molecule has 1 aromatic carbocycles. The van der Waals surface area contributed by atoms with E-state index in [0.29, 0.717) is 6.04 Å². The van der Waals surface area contributed by atoms with Crippen LogP contribution >= 0.6 is 0 Å². The molecule has 0 amide bonds. The van der Waals surface area contributed by atoms with Crippen molar-refractivity contribution in [2.45, 2.75) is 38.6 Å². The first kappa shape index (κ1) is 11.8. The molecule has 1 heteroatoms. The predicted octanol–water partition coefficient (Wildman–Crippen LogP) is 4.23. The zero-order valence-corrected chi connectivity index (χ0v) is 9.58. The topological polar surface area (TPSA) is 12.0 Å². The van der Waals surface area contributed by atoms with E-state index in [1.54, 1.807) is 0 Å². The molecule has 82 valence electrons. The molecule has 1 atom stereocenters. The van der Waals surface area contributed by atoms with Crippen LogP contribution in [-0.4, -0.2) is 6.04 Å². The number of nitrogens with one attached hydrogen (secondary N) is 1. The highest BCUT2D eigenvalue weighted by atomic mass is 14.9. The molecular weight excluding hydrogens is 182 g/mol. The van der Waals surface area contributed by atoms with Gasteiger partial charge in [-0.1, -0.05) is 44.0 Å². The fourth-order valence-corrected chi connectivity index (χ4v) is 1.67. The largest absolute Gasteiger partial charge is 0.382 e. The van der Waals surface area contributed by atoms with E-state index in [4.69, 9.17) is 0 Å². The maximum absolute atomic E-state index is 3.81. The summed E-state index contributed by atoms with van der Waals surface area (Å²) in [7, 11) is 0. The lowest BCUT2D eigenvalue weighted by Gasteiger charge is -2.18. The van der Waals surface area contributed by atoms with Gasteiger partial charge in [-0.25, -0.2) is 0 Å². The number of para-hydroxylation sites is 1. The van der Waals surface area contributed by atoms with E-state index in [1.165, 1.54) is 24.9 Å². The summed E-state index contributed by atoms with van der Waals surface area (Å²) in [6.07, 6.45) is 6.78. The van der Waals surface area contributed by atoms with Crippen molar-refractivity contribution < 1.29 is 0 Å². The van der Waals surface area contributed by atoms with Crippen molar-refractivity contribution in [3.05, 3.63) is 43.0 Å². The number of unbranched alkanes of at least 4 members (excludes halogenated alkanes) is 1. The Morgan fingerprint density at radius 3 is 2.67 bits per heavy atom. The van der Waals surface area contributed by atoms with E-state index in [0.717, 1.165) is 6.42 Å². The van der Waals surface area contributed by atoms with Gasteiger partial charge in [0.15, 0.2) is 0 Å². The molecule has 1 unspecified atom stereocenters. The van der Waals surface area contributed by atoms with Gasteiger partial charge >= 0.3 is 0 Å². The standard InChI is InChI=1S/C14H21N/c1-3-5-10-13(9-4-2)15-14-11-7-6-8-12-14/h4,6-8,11-13,15H,2-3,5,9-10H2,1H3. The molecule has 0 radical (unpaired) electrons. The highest BCUT2D eigenvalue weighted by molar-refractivity contribution is 5.43. The zero-order valence-electron chi connectivity index (χ0n) is 9.58. The van der Waals surface area contributed by atoms with Crippen molar-refractivity contribution in [3.63, 3.8) is 0 Å². The van der Waals surface area contributed by atoms with Crippen LogP contribution in [0.25, 0.3) is 0 Å². The molecule has 1 rings (SSSR count). The molecule has 0 saturated heterocycles. The summed E-state index contributed by atoms with van der Waals surface area (Å²) in [5.74, 6) is 0. The first-order valence-corrected chi connectivity index (χ1v) is 5.79. The average molecular weight is 203 g/mol. The molecule has 0 bridgehead atoms. The van der Waals surface area contributed by atoms with Crippen LogP contribution in [0.2, 0.25) is 0 Å². The Hall–Kier alpha value is -1.24. The van der Waals surface area contributed by atoms with Crippen LogP contribution < -0.4 is 5.32 Å². The Bertz CT molecular complexity index is 266. The van der Waals surface area contributed by atoms with Gasteiger partial charge in [-0.3, -0.25) is 0 Å². The molecule has 0 aliphatic carbocycles. The van der Waals surface area contributed by atoms with E-state index in [9.17, 15) is 0 Å². The van der Waals surface area contributed by atoms with Gasteiger partial charge in [-0.15, -0.1) is 6.58 Å². The Kier molecular flexibility index (Phi) is 5.60. The smallest absolute Gasteiger partial charge is 0.0342 e. The lowest BCUT2D eigenvalue weighted by molar-refractivity contribution is 0.613. The van der Waals surface area contributed by atoms with Gasteiger partial charge in [0.25, 0.3) is 0 Å². The molecule has 1 N–H and O–H groups in total. The van der Waals surface area contributed by atoms with Crippen LogP contribution in [0.3, 0.4) is 0 Å². The molecule has 0 aromatic heterocycles. The average Bonchev–Trinajstić information content (AvgIpc) is 2.28. The summed E-state index contributed by atoms with van der Waals surface area (Å²) < 4.78 is 0. The summed E-state index contributed by atoms with van der Waals surface area (Å²) in [5.41, 5.74) is 1.21. The Labute approximate surface area is 93.2 Å². The van der Waals surface area contributed by atoms with Crippen LogP contribution in [0, 0.1) is 0 Å². The fourth-order valence-electron chi connectivity index (χ4n) is 1.67. The second-order valence-corrected chi connectivity index (χ2v) is 3.87. The van der Waals surface area contributed by atoms with Crippen molar-refractivity contribution in [3.8, 4) is 0 Å². The molecule has 0 aliphatic heterocycles. The Morgan fingerprint density at radius 1 is 1.33 bits per heavy atom. The van der Waals surface area contributed by atoms with E-state index in [1.807, 2.05) is 12.1 Å². The SMILES string of the molecule is C=CCC(CCCC)Nc1ccccc1. The minimum Gasteiger partial charge on any atom is -0.382 e. The molecular formula is C14H21N. The zero-order chi connectivity index (χ0) is 10.9. The number of hydrogen-bond donors (Lipinski definition) is 1. The maximum Gasteiger partial charge on any atom is 0.0342 e. The summed E-state index contributed by atoms with van der Waals surface area (Å²) in [5, 5.41) is 3.54. The Balaban J connectivity index is 2.46. The minimum atomic E-state index is 0.532. The molecule has 1 nitrogen and oxygen atoms in total. The molecule has 0 saturated carbocycles. The summed E-state index contributed by atoms with van der Waals surface area (Å²) in [6.45, 7) is 6.04. The summed E-state index contributed by atoms with van der Waals surface area (Å²) >= 11 is 0. The van der Waals surface area contributed by atoms with Gasteiger partial charge in [0, 0.05) is 11.7 Å². The summed E-state index contributed by atoms with van der Waals surface area (Å²) in [4.78, 5) is 0. The predicted molar refractivity (Wildman–Crippen MR) is 68.2 cm³/mol. The minimum absolute atomic E-state index is 0.532. The van der Waals surface area contributed by atoms with Gasteiger partial charge in [0.05, 0.1) is 0 Å². The van der Waals surface area contributed by atoms with Crippen LogP contribution in [0.5, 0.6) is 0 Å². The normalized spacial score (nSPS) is 12.1. The number of rotatable bonds is 7. The molecule has 0 aliphatic rings. The first-order valence-electron chi connectivity index (χ1n) is 5.79. The number of benzene rings is 1. The van der Waals surface area contributed by atoms with Crippen LogP contribution in [0.15, 0.2) is 43.0 Å².